The fraction of sp³-hybridized carbons (Fsp3) is 0.115. The predicted octanol–water partition coefficient (Wildman–Crippen LogP) is 4.25. The average molecular weight is 442 g/mol. The smallest absolute Gasteiger partial charge is 0.335 e. The maximum atomic E-state index is 13.1. The van der Waals surface area contributed by atoms with Crippen molar-refractivity contribution >= 4 is 29.6 Å². The van der Waals surface area contributed by atoms with Crippen LogP contribution in [0.5, 0.6) is 11.5 Å². The Bertz CT molecular complexity index is 1250. The van der Waals surface area contributed by atoms with Gasteiger partial charge in [0.1, 0.15) is 12.2 Å². The van der Waals surface area contributed by atoms with Crippen LogP contribution < -0.4 is 19.7 Å². The van der Waals surface area contributed by atoms with E-state index in [2.05, 4.69) is 5.32 Å². The Hall–Kier alpha value is -4.39. The molecule has 1 heterocycles. The molecule has 0 bridgehead atoms. The summed E-state index contributed by atoms with van der Waals surface area (Å²) in [6, 6.07) is 21.0. The third-order valence-electron chi connectivity index (χ3n) is 5.19. The van der Waals surface area contributed by atoms with Crippen molar-refractivity contribution in [3.8, 4) is 11.5 Å². The summed E-state index contributed by atoms with van der Waals surface area (Å²) in [6.07, 6.45) is 1.43. The van der Waals surface area contributed by atoms with Gasteiger partial charge in [-0.3, -0.25) is 14.9 Å². The van der Waals surface area contributed by atoms with Crippen molar-refractivity contribution in [3.63, 3.8) is 0 Å². The summed E-state index contributed by atoms with van der Waals surface area (Å²) in [6.45, 7) is 2.15. The number of carbonyl (C=O) groups excluding carboxylic acids is 3. The number of hydrogen-bond acceptors (Lipinski definition) is 5. The first kappa shape index (κ1) is 21.8. The number of methoxy groups -OCH3 is 1. The number of ether oxygens (including phenoxy) is 2. The van der Waals surface area contributed by atoms with E-state index in [1.807, 2.05) is 30.3 Å². The molecule has 0 spiro atoms. The molecule has 0 radical (unpaired) electrons. The van der Waals surface area contributed by atoms with Gasteiger partial charge in [-0.05, 0) is 47.9 Å². The van der Waals surface area contributed by atoms with E-state index in [0.717, 1.165) is 16.0 Å². The third kappa shape index (κ3) is 4.62. The molecule has 1 fully saturated rings. The molecular weight excluding hydrogens is 420 g/mol. The maximum Gasteiger partial charge on any atom is 0.335 e. The highest BCUT2D eigenvalue weighted by Gasteiger charge is 2.37. The number of para-hydroxylation sites is 1. The lowest BCUT2D eigenvalue weighted by Crippen LogP contribution is -2.54. The molecule has 1 N–H and O–H groups in total. The molecule has 33 heavy (non-hydrogen) atoms. The number of hydrogen-bond donors (Lipinski definition) is 1. The van der Waals surface area contributed by atoms with E-state index in [9.17, 15) is 14.4 Å². The molecule has 0 aromatic heterocycles. The van der Waals surface area contributed by atoms with Gasteiger partial charge in [-0.15, -0.1) is 0 Å². The first-order valence-corrected chi connectivity index (χ1v) is 10.3. The summed E-state index contributed by atoms with van der Waals surface area (Å²) in [5.74, 6) is -0.463. The fourth-order valence-electron chi connectivity index (χ4n) is 3.49. The summed E-state index contributed by atoms with van der Waals surface area (Å²) >= 11 is 0. The van der Waals surface area contributed by atoms with Crippen molar-refractivity contribution in [3.05, 3.63) is 95.1 Å². The highest BCUT2D eigenvalue weighted by molar-refractivity contribution is 6.39. The Morgan fingerprint density at radius 1 is 0.909 bits per heavy atom. The lowest BCUT2D eigenvalue weighted by atomic mass is 10.1. The van der Waals surface area contributed by atoms with Crippen LogP contribution in [-0.4, -0.2) is 25.0 Å². The van der Waals surface area contributed by atoms with Crippen LogP contribution in [-0.2, 0) is 16.2 Å². The monoisotopic (exact) mass is 442 g/mol. The third-order valence-corrected chi connectivity index (χ3v) is 5.19. The number of urea groups is 1. The van der Waals surface area contributed by atoms with Crippen LogP contribution in [0, 0.1) is 6.92 Å². The second-order valence-corrected chi connectivity index (χ2v) is 7.43. The second-order valence-electron chi connectivity index (χ2n) is 7.43. The number of benzene rings is 3. The van der Waals surface area contributed by atoms with E-state index in [1.165, 1.54) is 13.2 Å². The van der Waals surface area contributed by atoms with Gasteiger partial charge in [-0.2, -0.15) is 0 Å². The molecule has 7 heteroatoms. The normalized spacial score (nSPS) is 14.9. The van der Waals surface area contributed by atoms with Crippen LogP contribution in [0.3, 0.4) is 0 Å². The molecule has 4 rings (SSSR count). The Morgan fingerprint density at radius 3 is 2.36 bits per heavy atom. The zero-order valence-corrected chi connectivity index (χ0v) is 18.2. The minimum absolute atomic E-state index is 0.155. The van der Waals surface area contributed by atoms with Gasteiger partial charge in [0.25, 0.3) is 11.8 Å². The number of imide groups is 2. The van der Waals surface area contributed by atoms with Crippen molar-refractivity contribution in [2.24, 2.45) is 0 Å². The van der Waals surface area contributed by atoms with Gasteiger partial charge in [-0.25, -0.2) is 9.69 Å². The SMILES string of the molecule is COc1cc(/C=C2\C(=O)NC(=O)N(c3ccccc3C)C2=O)ccc1OCc1ccccc1. The summed E-state index contributed by atoms with van der Waals surface area (Å²) in [7, 11) is 1.51. The predicted molar refractivity (Wildman–Crippen MR) is 124 cm³/mol. The Balaban J connectivity index is 1.61. The molecule has 3 aromatic carbocycles. The first-order chi connectivity index (χ1) is 16.0. The lowest BCUT2D eigenvalue weighted by Gasteiger charge is -2.27. The molecule has 7 nitrogen and oxygen atoms in total. The van der Waals surface area contributed by atoms with Crippen LogP contribution in [0.1, 0.15) is 16.7 Å². The number of anilines is 1. The van der Waals surface area contributed by atoms with Gasteiger partial charge in [0.05, 0.1) is 12.8 Å². The fourth-order valence-corrected chi connectivity index (χ4v) is 3.49. The van der Waals surface area contributed by atoms with E-state index < -0.39 is 17.8 Å². The maximum absolute atomic E-state index is 13.1. The molecule has 1 saturated heterocycles. The topological polar surface area (TPSA) is 84.9 Å². The van der Waals surface area contributed by atoms with Gasteiger partial charge >= 0.3 is 6.03 Å². The number of aryl methyl sites for hydroxylation is 1. The van der Waals surface area contributed by atoms with Gasteiger partial charge in [-0.1, -0.05) is 54.6 Å². The van der Waals surface area contributed by atoms with E-state index in [1.54, 1.807) is 49.4 Å². The Kier molecular flexibility index (Phi) is 6.22. The van der Waals surface area contributed by atoms with Crippen LogP contribution in [0.2, 0.25) is 0 Å². The van der Waals surface area contributed by atoms with Crippen molar-refractivity contribution in [1.29, 1.82) is 0 Å². The van der Waals surface area contributed by atoms with E-state index in [4.69, 9.17) is 9.47 Å². The molecule has 4 amide bonds. The van der Waals surface area contributed by atoms with Crippen LogP contribution in [0.4, 0.5) is 10.5 Å². The molecule has 1 aliphatic heterocycles. The lowest BCUT2D eigenvalue weighted by molar-refractivity contribution is -0.122. The number of carbonyl (C=O) groups is 3. The van der Waals surface area contributed by atoms with Crippen LogP contribution >= 0.6 is 0 Å². The Labute approximate surface area is 191 Å². The zero-order chi connectivity index (χ0) is 23.4. The van der Waals surface area contributed by atoms with Gasteiger partial charge < -0.3 is 9.47 Å². The standard InChI is InChI=1S/C26H22N2O5/c1-17-8-6-7-11-21(17)28-25(30)20(24(29)27-26(28)31)14-19-12-13-22(23(15-19)32-2)33-16-18-9-4-3-5-10-18/h3-15H,16H2,1-2H3,(H,27,29,31)/b20-14+. The van der Waals surface area contributed by atoms with Crippen LogP contribution in [0.15, 0.2) is 78.4 Å². The Morgan fingerprint density at radius 2 is 1.64 bits per heavy atom. The largest absolute Gasteiger partial charge is 0.493 e. The molecule has 0 unspecified atom stereocenters. The molecule has 3 aromatic rings. The highest BCUT2D eigenvalue weighted by atomic mass is 16.5. The summed E-state index contributed by atoms with van der Waals surface area (Å²) < 4.78 is 11.3. The number of rotatable bonds is 6. The molecule has 0 atom stereocenters. The van der Waals surface area contributed by atoms with Crippen molar-refractivity contribution < 1.29 is 23.9 Å². The first-order valence-electron chi connectivity index (χ1n) is 10.3. The average Bonchev–Trinajstić information content (AvgIpc) is 2.82. The van der Waals surface area contributed by atoms with Crippen molar-refractivity contribution in [1.82, 2.24) is 5.32 Å². The van der Waals surface area contributed by atoms with Gasteiger partial charge in [0, 0.05) is 0 Å². The van der Waals surface area contributed by atoms with E-state index in [0.29, 0.717) is 29.4 Å². The number of nitrogens with one attached hydrogen (secondary N) is 1. The van der Waals surface area contributed by atoms with E-state index in [-0.39, 0.29) is 5.57 Å². The summed E-state index contributed by atoms with van der Waals surface area (Å²) in [5.41, 5.74) is 2.56. The zero-order valence-electron chi connectivity index (χ0n) is 18.2. The molecule has 166 valence electrons. The summed E-state index contributed by atoms with van der Waals surface area (Å²) in [4.78, 5) is 38.9. The second kappa shape index (κ2) is 9.40. The van der Waals surface area contributed by atoms with E-state index >= 15 is 0 Å². The minimum Gasteiger partial charge on any atom is -0.493 e. The van der Waals surface area contributed by atoms with Gasteiger partial charge in [0.15, 0.2) is 11.5 Å². The molecule has 1 aliphatic rings. The number of nitrogens with zero attached hydrogens (tertiary/aromatic N) is 1. The van der Waals surface area contributed by atoms with Gasteiger partial charge in [0.2, 0.25) is 0 Å². The molecule has 0 aliphatic carbocycles. The quantitative estimate of drug-likeness (QED) is 0.456. The number of barbiturate groups is 1. The van der Waals surface area contributed by atoms with Crippen molar-refractivity contribution in [2.45, 2.75) is 13.5 Å². The summed E-state index contributed by atoms with van der Waals surface area (Å²) in [5, 5.41) is 2.24. The molecule has 0 saturated carbocycles. The van der Waals surface area contributed by atoms with Crippen LogP contribution in [0.25, 0.3) is 6.08 Å². The molecular formula is C26H22N2O5. The number of amides is 4. The minimum atomic E-state index is -0.779. The van der Waals surface area contributed by atoms with Crippen molar-refractivity contribution in [2.75, 3.05) is 12.0 Å². The highest BCUT2D eigenvalue weighted by Crippen LogP contribution is 2.31.